The number of nitrogens with zero attached hydrogens (tertiary/aromatic N) is 1. The van der Waals surface area contributed by atoms with Crippen molar-refractivity contribution in [3.8, 4) is 0 Å². The van der Waals surface area contributed by atoms with E-state index < -0.39 is 0 Å². The summed E-state index contributed by atoms with van der Waals surface area (Å²) in [4.78, 5) is 2.33. The second-order valence-corrected chi connectivity index (χ2v) is 2.05. The lowest BCUT2D eigenvalue weighted by molar-refractivity contribution is 0.291. The van der Waals surface area contributed by atoms with Crippen molar-refractivity contribution < 1.29 is 0 Å². The highest BCUT2D eigenvalue weighted by molar-refractivity contribution is 4.62. The van der Waals surface area contributed by atoms with E-state index in [1.54, 1.807) is 0 Å². The summed E-state index contributed by atoms with van der Waals surface area (Å²) in [5.41, 5.74) is 0. The first-order chi connectivity index (χ1) is 3.39. The third kappa shape index (κ3) is 1.45. The lowest BCUT2D eigenvalue weighted by Crippen LogP contribution is -2.40. The first-order valence-electron chi connectivity index (χ1n) is 2.79. The molecule has 0 radical (unpaired) electrons. The maximum Gasteiger partial charge on any atom is 0.0104 e. The smallest absolute Gasteiger partial charge is 0.0104 e. The maximum absolute atomic E-state index is 3.27. The molecule has 0 unspecified atom stereocenters. The van der Waals surface area contributed by atoms with Crippen molar-refractivity contribution in [2.75, 3.05) is 33.2 Å². The molecular weight excluding hydrogens is 92.0 g/mol. The van der Waals surface area contributed by atoms with Gasteiger partial charge in [0, 0.05) is 26.2 Å². The second-order valence-electron chi connectivity index (χ2n) is 2.05. The monoisotopic (exact) mass is 104 g/mol. The molecule has 0 atom stereocenters. The first-order valence-corrected chi connectivity index (χ1v) is 2.79. The number of hydrogen-bond acceptors (Lipinski definition) is 2. The average Bonchev–Trinajstić information content (AvgIpc) is 1.69. The highest BCUT2D eigenvalue weighted by Crippen LogP contribution is 1.82. The molecule has 2 nitrogen and oxygen atoms in total. The Balaban J connectivity index is 2.12. The van der Waals surface area contributed by atoms with E-state index in [1.807, 2.05) is 0 Å². The van der Waals surface area contributed by atoms with Crippen molar-refractivity contribution in [2.45, 2.75) is 0 Å². The second kappa shape index (κ2) is 2.28. The molecule has 1 saturated heterocycles. The zero-order chi connectivity index (χ0) is 5.11. The lowest BCUT2D eigenvalue weighted by Gasteiger charge is -2.21. The van der Waals surface area contributed by atoms with Crippen molar-refractivity contribution in [3.05, 3.63) is 0 Å². The van der Waals surface area contributed by atoms with Crippen LogP contribution in [-0.4, -0.2) is 38.1 Å². The number of nitrogens with one attached hydrogen (secondary N) is 1. The molecular formula is C5H12N2. The van der Waals surface area contributed by atoms with Crippen molar-refractivity contribution >= 4 is 0 Å². The molecule has 0 saturated carbocycles. The zero-order valence-corrected chi connectivity index (χ0v) is 4.78. The van der Waals surface area contributed by atoms with E-state index in [0.29, 0.717) is 0 Å². The fraction of sp³-hybridized carbons (Fsp3) is 1.00. The van der Waals surface area contributed by atoms with E-state index in [4.69, 9.17) is 0 Å². The summed E-state index contributed by atoms with van der Waals surface area (Å²) in [7, 11) is 2.15. The molecule has 1 aliphatic rings. The van der Waals surface area contributed by atoms with E-state index >= 15 is 0 Å². The predicted molar refractivity (Wildman–Crippen MR) is 30.4 cm³/mol. The van der Waals surface area contributed by atoms with Gasteiger partial charge < -0.3 is 10.2 Å². The van der Waals surface area contributed by atoms with Gasteiger partial charge in [-0.05, 0) is 7.05 Å². The SMILES string of the molecule is CN1C[13CH2][15NH][13CH2][13CH2]1. The van der Waals surface area contributed by atoms with Crippen LogP contribution in [0.1, 0.15) is 0 Å². The fourth-order valence-electron chi connectivity index (χ4n) is 0.777. The summed E-state index contributed by atoms with van der Waals surface area (Å²) in [6.45, 7) is 4.74. The minimum absolute atomic E-state index is 1.16. The quantitative estimate of drug-likeness (QED) is 0.330. The summed E-state index contributed by atoms with van der Waals surface area (Å²) >= 11 is 0. The molecule has 0 aromatic rings. The Morgan fingerprint density at radius 2 is 1.86 bits per heavy atom. The van der Waals surface area contributed by atoms with E-state index in [9.17, 15) is 0 Å². The van der Waals surface area contributed by atoms with Gasteiger partial charge >= 0.3 is 0 Å². The largest absolute Gasteiger partial charge is 0.314 e. The van der Waals surface area contributed by atoms with E-state index in [0.717, 1.165) is 13.1 Å². The van der Waals surface area contributed by atoms with Crippen LogP contribution in [0.4, 0.5) is 0 Å². The fourth-order valence-corrected chi connectivity index (χ4v) is 0.777. The molecule has 0 aliphatic carbocycles. The normalized spacial score (nSPS) is 25.3. The van der Waals surface area contributed by atoms with Crippen molar-refractivity contribution in [1.29, 1.82) is 0 Å². The molecule has 1 rings (SSSR count). The third-order valence-electron chi connectivity index (χ3n) is 1.34. The summed E-state index contributed by atoms with van der Waals surface area (Å²) in [6, 6.07) is 0. The highest BCUT2D eigenvalue weighted by atomic mass is 15.9. The van der Waals surface area contributed by atoms with Gasteiger partial charge in [0.2, 0.25) is 0 Å². The lowest BCUT2D eigenvalue weighted by atomic mass is 10.8. The Bertz CT molecular complexity index is 48.0. The third-order valence-corrected chi connectivity index (χ3v) is 1.34. The molecule has 7 heavy (non-hydrogen) atoms. The predicted octanol–water partition coefficient (Wildman–Crippen LogP) is -0.479. The molecule has 2 heteroatoms. The molecule has 0 aromatic carbocycles. The zero-order valence-electron chi connectivity index (χ0n) is 4.78. The van der Waals surface area contributed by atoms with Gasteiger partial charge in [0.15, 0.2) is 0 Å². The summed E-state index contributed by atoms with van der Waals surface area (Å²) in [5.74, 6) is 0. The molecule has 1 aliphatic heterocycles. The van der Waals surface area contributed by atoms with Crippen LogP contribution in [-0.2, 0) is 0 Å². The van der Waals surface area contributed by atoms with Gasteiger partial charge in [0.1, 0.15) is 0 Å². The van der Waals surface area contributed by atoms with Gasteiger partial charge in [0.25, 0.3) is 0 Å². The van der Waals surface area contributed by atoms with Crippen LogP contribution in [0.25, 0.3) is 0 Å². The Kier molecular flexibility index (Phi) is 1.65. The van der Waals surface area contributed by atoms with Gasteiger partial charge in [-0.15, -0.1) is 0 Å². The van der Waals surface area contributed by atoms with Crippen LogP contribution in [0, 0.1) is 0 Å². The molecule has 1 heterocycles. The summed E-state index contributed by atoms with van der Waals surface area (Å²) < 4.78 is 0. The van der Waals surface area contributed by atoms with Crippen LogP contribution >= 0.6 is 0 Å². The first kappa shape index (κ1) is 5.06. The van der Waals surface area contributed by atoms with Crippen molar-refractivity contribution in [3.63, 3.8) is 0 Å². The summed E-state index contributed by atoms with van der Waals surface area (Å²) in [6.07, 6.45) is 0. The molecule has 0 spiro atoms. The van der Waals surface area contributed by atoms with Crippen LogP contribution < -0.4 is 5.32 Å². The number of rotatable bonds is 0. The standard InChI is InChI=1S/C5H12N2/c1-7-4-2-6-3-5-7/h6H,2-5H2,1H3/i2+1,3+1,4+1,6+1. The van der Waals surface area contributed by atoms with Gasteiger partial charge in [0.05, 0.1) is 0 Å². The minimum Gasteiger partial charge on any atom is -0.314 e. The topological polar surface area (TPSA) is 15.3 Å². The molecule has 1 fully saturated rings. The van der Waals surface area contributed by atoms with Gasteiger partial charge in [-0.3, -0.25) is 0 Å². The Morgan fingerprint density at radius 1 is 1.29 bits per heavy atom. The Labute approximate surface area is 44.5 Å². The number of piperazine rings is 1. The highest BCUT2D eigenvalue weighted by Gasteiger charge is 2.01. The number of hydrogen-bond donors (Lipinski definition) is 1. The molecule has 1 N–H and O–H groups in total. The molecule has 0 amide bonds. The van der Waals surface area contributed by atoms with Crippen LogP contribution in [0.3, 0.4) is 0 Å². The van der Waals surface area contributed by atoms with Gasteiger partial charge in [-0.2, -0.15) is 0 Å². The Morgan fingerprint density at radius 3 is 2.14 bits per heavy atom. The minimum atomic E-state index is 1.16. The maximum atomic E-state index is 3.27. The van der Waals surface area contributed by atoms with Crippen LogP contribution in [0.5, 0.6) is 0 Å². The van der Waals surface area contributed by atoms with Crippen molar-refractivity contribution in [2.24, 2.45) is 0 Å². The van der Waals surface area contributed by atoms with Crippen LogP contribution in [0.2, 0.25) is 0 Å². The number of likely N-dealkylation sites (N-methyl/N-ethyl adjacent to an activating group) is 1. The van der Waals surface area contributed by atoms with E-state index in [-0.39, 0.29) is 0 Å². The Hall–Kier alpha value is -0.0800. The molecule has 42 valence electrons. The summed E-state index contributed by atoms with van der Waals surface area (Å²) in [5, 5.41) is 3.27. The van der Waals surface area contributed by atoms with Crippen molar-refractivity contribution in [1.82, 2.24) is 10.2 Å². The van der Waals surface area contributed by atoms with Crippen LogP contribution in [0.15, 0.2) is 0 Å². The van der Waals surface area contributed by atoms with Gasteiger partial charge in [-0.1, -0.05) is 0 Å². The molecule has 0 bridgehead atoms. The molecule has 0 aromatic heterocycles. The van der Waals surface area contributed by atoms with Gasteiger partial charge in [-0.25, -0.2) is 0 Å². The van der Waals surface area contributed by atoms with E-state index in [1.165, 1.54) is 13.1 Å². The average molecular weight is 104 g/mol. The van der Waals surface area contributed by atoms with E-state index in [2.05, 4.69) is 17.3 Å².